The van der Waals surface area contributed by atoms with E-state index in [1.807, 2.05) is 11.6 Å². The van der Waals surface area contributed by atoms with Crippen molar-refractivity contribution in [3.8, 4) is 0 Å². The van der Waals surface area contributed by atoms with Crippen LogP contribution in [0.4, 0.5) is 11.4 Å². The van der Waals surface area contributed by atoms with E-state index in [9.17, 15) is 14.9 Å². The molecule has 0 spiro atoms. The highest BCUT2D eigenvalue weighted by molar-refractivity contribution is 7.99. The van der Waals surface area contributed by atoms with Crippen LogP contribution in [0.2, 0.25) is 0 Å². The summed E-state index contributed by atoms with van der Waals surface area (Å²) in [6.45, 7) is 2.07. The van der Waals surface area contributed by atoms with Gasteiger partial charge in [-0.05, 0) is 24.6 Å². The molecule has 0 saturated heterocycles. The molecule has 0 saturated carbocycles. The van der Waals surface area contributed by atoms with E-state index in [4.69, 9.17) is 0 Å². The van der Waals surface area contributed by atoms with E-state index in [1.54, 1.807) is 11.8 Å². The summed E-state index contributed by atoms with van der Waals surface area (Å²) >= 11 is 3.06. The predicted molar refractivity (Wildman–Crippen MR) is 120 cm³/mol. The van der Waals surface area contributed by atoms with Gasteiger partial charge in [-0.2, -0.15) is 0 Å². The quantitative estimate of drug-likeness (QED) is 0.300. The molecular formula is C20H21N5O3S2. The first kappa shape index (κ1) is 21.8. The van der Waals surface area contributed by atoms with E-state index >= 15 is 0 Å². The zero-order valence-corrected chi connectivity index (χ0v) is 18.2. The van der Waals surface area contributed by atoms with Crippen molar-refractivity contribution < 1.29 is 9.72 Å². The van der Waals surface area contributed by atoms with Crippen LogP contribution >= 0.6 is 23.5 Å². The third-order valence-corrected chi connectivity index (χ3v) is 6.26. The van der Waals surface area contributed by atoms with Crippen molar-refractivity contribution in [3.63, 3.8) is 0 Å². The maximum Gasteiger partial charge on any atom is 0.269 e. The average molecular weight is 444 g/mol. The summed E-state index contributed by atoms with van der Waals surface area (Å²) in [4.78, 5) is 22.3. The summed E-state index contributed by atoms with van der Waals surface area (Å²) in [6.07, 6.45) is 0. The number of nitrogens with zero attached hydrogens (tertiary/aromatic N) is 4. The van der Waals surface area contributed by atoms with Crippen LogP contribution in [-0.2, 0) is 23.3 Å². The standard InChI is InChI=1S/C20H21N5O3S2/c1-14-3-5-15(6-4-14)11-29-12-18-22-23-20(24(18)2)30-13-19(26)21-16-7-9-17(10-8-16)25(27)28/h3-10H,11-13H2,1-2H3,(H,21,26). The zero-order valence-electron chi connectivity index (χ0n) is 16.6. The molecule has 3 rings (SSSR count). The molecule has 0 radical (unpaired) electrons. The molecule has 0 aliphatic rings. The van der Waals surface area contributed by atoms with Crippen LogP contribution in [0.3, 0.4) is 0 Å². The molecule has 156 valence electrons. The highest BCUT2D eigenvalue weighted by Gasteiger charge is 2.12. The molecule has 0 atom stereocenters. The zero-order chi connectivity index (χ0) is 21.5. The second-order valence-corrected chi connectivity index (χ2v) is 8.51. The van der Waals surface area contributed by atoms with E-state index < -0.39 is 4.92 Å². The Bertz CT molecular complexity index is 1020. The molecule has 0 unspecified atom stereocenters. The minimum absolute atomic E-state index is 0.0192. The number of amides is 1. The van der Waals surface area contributed by atoms with Crippen molar-refractivity contribution in [2.24, 2.45) is 7.05 Å². The number of non-ortho nitro benzene ring substituents is 1. The SMILES string of the molecule is Cc1ccc(CSCc2nnc(SCC(=O)Nc3ccc([N+](=O)[O-])cc3)n2C)cc1. The molecule has 0 fully saturated rings. The Morgan fingerprint density at radius 3 is 2.47 bits per heavy atom. The van der Waals surface area contributed by atoms with Crippen LogP contribution in [0.15, 0.2) is 53.7 Å². The van der Waals surface area contributed by atoms with Gasteiger partial charge in [-0.3, -0.25) is 14.9 Å². The number of thioether (sulfide) groups is 2. The number of hydrogen-bond acceptors (Lipinski definition) is 7. The van der Waals surface area contributed by atoms with E-state index in [1.165, 1.54) is 47.2 Å². The number of nitro benzene ring substituents is 1. The highest BCUT2D eigenvalue weighted by atomic mass is 32.2. The number of aromatic nitrogens is 3. The highest BCUT2D eigenvalue weighted by Crippen LogP contribution is 2.21. The maximum atomic E-state index is 12.1. The van der Waals surface area contributed by atoms with Gasteiger partial charge in [0, 0.05) is 30.6 Å². The van der Waals surface area contributed by atoms with Gasteiger partial charge in [0.15, 0.2) is 5.16 Å². The molecule has 3 aromatic rings. The third-order valence-electron chi connectivity index (χ3n) is 4.24. The molecule has 1 aromatic heterocycles. The average Bonchev–Trinajstić information content (AvgIpc) is 3.08. The Hall–Kier alpha value is -2.85. The lowest BCUT2D eigenvalue weighted by atomic mass is 10.2. The van der Waals surface area contributed by atoms with Crippen LogP contribution in [0, 0.1) is 17.0 Å². The lowest BCUT2D eigenvalue weighted by Gasteiger charge is -2.06. The maximum absolute atomic E-state index is 12.1. The Kier molecular flexibility index (Phi) is 7.47. The summed E-state index contributed by atoms with van der Waals surface area (Å²) in [5, 5.41) is 22.5. The Labute approximate surface area is 182 Å². The fourth-order valence-corrected chi connectivity index (χ4v) is 4.23. The smallest absolute Gasteiger partial charge is 0.269 e. The Balaban J connectivity index is 1.46. The van der Waals surface area contributed by atoms with Gasteiger partial charge in [-0.25, -0.2) is 0 Å². The number of nitrogens with one attached hydrogen (secondary N) is 1. The van der Waals surface area contributed by atoms with Crippen molar-refractivity contribution in [3.05, 3.63) is 75.6 Å². The van der Waals surface area contributed by atoms with E-state index in [-0.39, 0.29) is 17.3 Å². The Morgan fingerprint density at radius 1 is 1.10 bits per heavy atom. The van der Waals surface area contributed by atoms with Gasteiger partial charge < -0.3 is 9.88 Å². The summed E-state index contributed by atoms with van der Waals surface area (Å²) in [7, 11) is 1.89. The van der Waals surface area contributed by atoms with Crippen LogP contribution in [0.25, 0.3) is 0 Å². The number of hydrogen-bond donors (Lipinski definition) is 1. The molecule has 1 N–H and O–H groups in total. The topological polar surface area (TPSA) is 103 Å². The van der Waals surface area contributed by atoms with Crippen molar-refractivity contribution in [1.82, 2.24) is 14.8 Å². The van der Waals surface area contributed by atoms with Crippen LogP contribution in [0.5, 0.6) is 0 Å². The Morgan fingerprint density at radius 2 is 1.80 bits per heavy atom. The van der Waals surface area contributed by atoms with Crippen LogP contribution < -0.4 is 5.32 Å². The summed E-state index contributed by atoms with van der Waals surface area (Å²) in [5.41, 5.74) is 3.01. The van der Waals surface area contributed by atoms with Crippen molar-refractivity contribution >= 4 is 40.8 Å². The van der Waals surface area contributed by atoms with Gasteiger partial charge in [-0.1, -0.05) is 41.6 Å². The molecule has 0 aliphatic carbocycles. The molecule has 1 heterocycles. The first-order valence-electron chi connectivity index (χ1n) is 9.11. The second kappa shape index (κ2) is 10.3. The molecular weight excluding hydrogens is 422 g/mol. The number of nitro groups is 1. The van der Waals surface area contributed by atoms with Gasteiger partial charge in [0.2, 0.25) is 5.91 Å². The van der Waals surface area contributed by atoms with Crippen LogP contribution in [0.1, 0.15) is 17.0 Å². The molecule has 0 aliphatic heterocycles. The van der Waals surface area contributed by atoms with Crippen LogP contribution in [-0.4, -0.2) is 31.3 Å². The van der Waals surface area contributed by atoms with E-state index in [2.05, 4.69) is 46.7 Å². The van der Waals surface area contributed by atoms with E-state index in [0.717, 1.165) is 17.3 Å². The monoisotopic (exact) mass is 443 g/mol. The van der Waals surface area contributed by atoms with E-state index in [0.29, 0.717) is 10.8 Å². The molecule has 30 heavy (non-hydrogen) atoms. The minimum atomic E-state index is -0.480. The number of anilines is 1. The molecule has 1 amide bonds. The first-order chi connectivity index (χ1) is 14.4. The minimum Gasteiger partial charge on any atom is -0.325 e. The molecule has 8 nitrogen and oxygen atoms in total. The fraction of sp³-hybridized carbons (Fsp3) is 0.250. The number of aryl methyl sites for hydroxylation is 1. The number of benzene rings is 2. The van der Waals surface area contributed by atoms with Gasteiger partial charge in [0.25, 0.3) is 5.69 Å². The number of carbonyl (C=O) groups excluding carboxylic acids is 1. The molecule has 0 bridgehead atoms. The first-order valence-corrected chi connectivity index (χ1v) is 11.2. The van der Waals surface area contributed by atoms with Gasteiger partial charge >= 0.3 is 0 Å². The number of rotatable bonds is 9. The molecule has 2 aromatic carbocycles. The lowest BCUT2D eigenvalue weighted by molar-refractivity contribution is -0.384. The van der Waals surface area contributed by atoms with Gasteiger partial charge in [0.05, 0.1) is 16.4 Å². The number of carbonyl (C=O) groups is 1. The lowest BCUT2D eigenvalue weighted by Crippen LogP contribution is -2.14. The van der Waals surface area contributed by atoms with Crippen molar-refractivity contribution in [2.45, 2.75) is 23.6 Å². The predicted octanol–water partition coefficient (Wildman–Crippen LogP) is 4.20. The summed E-state index contributed by atoms with van der Waals surface area (Å²) in [5.74, 6) is 2.43. The second-order valence-electron chi connectivity index (χ2n) is 6.58. The van der Waals surface area contributed by atoms with Gasteiger partial charge in [-0.15, -0.1) is 22.0 Å². The van der Waals surface area contributed by atoms with Crippen molar-refractivity contribution in [2.75, 3.05) is 11.1 Å². The summed E-state index contributed by atoms with van der Waals surface area (Å²) < 4.78 is 1.89. The third kappa shape index (κ3) is 6.07. The fourth-order valence-electron chi connectivity index (χ4n) is 2.53. The van der Waals surface area contributed by atoms with Crippen molar-refractivity contribution in [1.29, 1.82) is 0 Å². The van der Waals surface area contributed by atoms with Gasteiger partial charge in [0.1, 0.15) is 5.82 Å². The summed E-state index contributed by atoms with van der Waals surface area (Å²) in [6, 6.07) is 14.2. The molecule has 10 heteroatoms. The largest absolute Gasteiger partial charge is 0.325 e. The normalized spacial score (nSPS) is 10.7.